The van der Waals surface area contributed by atoms with Gasteiger partial charge in [-0.05, 0) is 65.9 Å². The predicted molar refractivity (Wildman–Crippen MR) is 154 cm³/mol. The van der Waals surface area contributed by atoms with Gasteiger partial charge in [-0.15, -0.1) is 0 Å². The van der Waals surface area contributed by atoms with Gasteiger partial charge in [0.25, 0.3) is 0 Å². The van der Waals surface area contributed by atoms with Crippen LogP contribution in [-0.4, -0.2) is 47.0 Å². The van der Waals surface area contributed by atoms with Crippen LogP contribution >= 0.6 is 23.2 Å². The van der Waals surface area contributed by atoms with E-state index in [1.807, 2.05) is 18.2 Å². The standard InChI is InChI=1S/C30H28Cl2N4O2/c31-25-14-21(15-26(32)30(25)38)20-5-8-27-23(13-20)28(24(16-34-27)29(37)19-3-4-19)35-22-6-1-18(2-7-22)17-36-11-9-33-10-12-36/h1-2,5-8,13-16,19,33,38H,3-4,9-12,17H2,(H,34,35). The molecule has 0 spiro atoms. The molecule has 1 aliphatic carbocycles. The van der Waals surface area contributed by atoms with E-state index in [1.165, 1.54) is 5.56 Å². The number of phenolic OH excluding ortho intramolecular Hbond substituents is 1. The highest BCUT2D eigenvalue weighted by Gasteiger charge is 2.32. The number of nitrogens with one attached hydrogen (secondary N) is 2. The Bertz CT molecular complexity index is 1490. The highest BCUT2D eigenvalue weighted by molar-refractivity contribution is 6.37. The first-order chi connectivity index (χ1) is 18.5. The molecule has 2 fully saturated rings. The van der Waals surface area contributed by atoms with E-state index < -0.39 is 0 Å². The van der Waals surface area contributed by atoms with Crippen molar-refractivity contribution in [2.75, 3.05) is 31.5 Å². The van der Waals surface area contributed by atoms with Crippen LogP contribution in [0.25, 0.3) is 22.0 Å². The van der Waals surface area contributed by atoms with Crippen LogP contribution in [0, 0.1) is 5.92 Å². The Labute approximate surface area is 231 Å². The third kappa shape index (κ3) is 5.22. The first-order valence-electron chi connectivity index (χ1n) is 12.9. The van der Waals surface area contributed by atoms with E-state index in [0.29, 0.717) is 5.56 Å². The van der Waals surface area contributed by atoms with E-state index in [-0.39, 0.29) is 27.5 Å². The highest BCUT2D eigenvalue weighted by Crippen LogP contribution is 2.40. The number of Topliss-reactive ketones (excluding diaryl/α,β-unsaturated/α-hetero) is 1. The number of phenols is 1. The van der Waals surface area contributed by atoms with Gasteiger partial charge in [-0.2, -0.15) is 0 Å². The van der Waals surface area contributed by atoms with Crippen molar-refractivity contribution in [3.05, 3.63) is 82.0 Å². The van der Waals surface area contributed by atoms with Crippen LogP contribution < -0.4 is 10.6 Å². The van der Waals surface area contributed by atoms with Crippen LogP contribution in [0.4, 0.5) is 11.4 Å². The molecule has 0 unspecified atom stereocenters. The van der Waals surface area contributed by atoms with Gasteiger partial charge in [0.15, 0.2) is 11.5 Å². The topological polar surface area (TPSA) is 77.5 Å². The molecule has 4 aromatic rings. The number of piperazine rings is 1. The summed E-state index contributed by atoms with van der Waals surface area (Å²) in [4.78, 5) is 20.3. The number of aromatic nitrogens is 1. The zero-order chi connectivity index (χ0) is 26.2. The normalized spacial score (nSPS) is 16.1. The molecule has 3 N–H and O–H groups in total. The molecule has 8 heteroatoms. The molecule has 6 nitrogen and oxygen atoms in total. The SMILES string of the molecule is O=C(c1cnc2ccc(-c3cc(Cl)c(O)c(Cl)c3)cc2c1Nc1ccc(CN2CCNCC2)cc1)C1CC1. The minimum Gasteiger partial charge on any atom is -0.505 e. The van der Waals surface area contributed by atoms with Crippen LogP contribution in [0.15, 0.2) is 60.8 Å². The number of fused-ring (bicyclic) bond motifs is 1. The minimum atomic E-state index is -0.139. The number of anilines is 2. The van der Waals surface area contributed by atoms with Gasteiger partial charge in [0.05, 0.1) is 26.8 Å². The number of rotatable bonds is 7. The zero-order valence-electron chi connectivity index (χ0n) is 20.8. The number of nitrogens with zero attached hydrogens (tertiary/aromatic N) is 2. The fourth-order valence-corrected chi connectivity index (χ4v) is 5.44. The van der Waals surface area contributed by atoms with Gasteiger partial charge in [-0.3, -0.25) is 14.7 Å². The molecule has 0 amide bonds. The molecule has 1 saturated carbocycles. The van der Waals surface area contributed by atoms with Crippen LogP contribution in [0.5, 0.6) is 5.75 Å². The fraction of sp³-hybridized carbons (Fsp3) is 0.267. The van der Waals surface area contributed by atoms with Crippen molar-refractivity contribution >= 4 is 51.3 Å². The van der Waals surface area contributed by atoms with Crippen molar-refractivity contribution in [1.82, 2.24) is 15.2 Å². The number of ketones is 1. The summed E-state index contributed by atoms with van der Waals surface area (Å²) in [6, 6.07) is 17.6. The van der Waals surface area contributed by atoms with E-state index in [1.54, 1.807) is 18.3 Å². The first kappa shape index (κ1) is 25.1. The molecule has 1 aliphatic heterocycles. The maximum atomic E-state index is 13.3. The van der Waals surface area contributed by atoms with Crippen molar-refractivity contribution in [2.24, 2.45) is 5.92 Å². The number of carbonyl (C=O) groups excluding carboxylic acids is 1. The van der Waals surface area contributed by atoms with Gasteiger partial charge in [-0.1, -0.05) is 41.4 Å². The van der Waals surface area contributed by atoms with E-state index in [0.717, 1.165) is 79.0 Å². The number of aromatic hydroxyl groups is 1. The quantitative estimate of drug-likeness (QED) is 0.225. The molecule has 0 bridgehead atoms. The molecule has 6 rings (SSSR count). The number of benzene rings is 3. The third-order valence-electron chi connectivity index (χ3n) is 7.27. The number of carbonyl (C=O) groups is 1. The second-order valence-electron chi connectivity index (χ2n) is 10.1. The summed E-state index contributed by atoms with van der Waals surface area (Å²) in [6.45, 7) is 5.08. The number of pyridine rings is 1. The Morgan fingerprint density at radius 2 is 1.71 bits per heavy atom. The first-order valence-corrected chi connectivity index (χ1v) is 13.7. The van der Waals surface area contributed by atoms with Gasteiger partial charge in [0, 0.05) is 55.9 Å². The Balaban J connectivity index is 1.37. The van der Waals surface area contributed by atoms with Crippen LogP contribution in [-0.2, 0) is 6.54 Å². The second-order valence-corrected chi connectivity index (χ2v) is 10.9. The Kier molecular flexibility index (Phi) is 6.97. The van der Waals surface area contributed by atoms with E-state index >= 15 is 0 Å². The summed E-state index contributed by atoms with van der Waals surface area (Å²) in [5.41, 5.74) is 5.91. The van der Waals surface area contributed by atoms with Gasteiger partial charge in [0.1, 0.15) is 0 Å². The summed E-state index contributed by atoms with van der Waals surface area (Å²) >= 11 is 12.4. The molecular formula is C30H28Cl2N4O2. The molecular weight excluding hydrogens is 519 g/mol. The molecule has 1 aromatic heterocycles. The molecule has 194 valence electrons. The van der Waals surface area contributed by atoms with Gasteiger partial charge < -0.3 is 15.7 Å². The van der Waals surface area contributed by atoms with Crippen molar-refractivity contribution < 1.29 is 9.90 Å². The molecule has 0 radical (unpaired) electrons. The van der Waals surface area contributed by atoms with Crippen LogP contribution in [0.3, 0.4) is 0 Å². The molecule has 2 heterocycles. The second kappa shape index (κ2) is 10.5. The largest absolute Gasteiger partial charge is 0.505 e. The third-order valence-corrected chi connectivity index (χ3v) is 7.85. The molecule has 38 heavy (non-hydrogen) atoms. The lowest BCUT2D eigenvalue weighted by Gasteiger charge is -2.27. The summed E-state index contributed by atoms with van der Waals surface area (Å²) in [6.07, 6.45) is 3.53. The lowest BCUT2D eigenvalue weighted by atomic mass is 9.98. The van der Waals surface area contributed by atoms with Gasteiger partial charge >= 0.3 is 0 Å². The molecule has 2 aliphatic rings. The summed E-state index contributed by atoms with van der Waals surface area (Å²) in [5, 5.41) is 18.1. The molecule has 0 atom stereocenters. The molecule has 1 saturated heterocycles. The zero-order valence-corrected chi connectivity index (χ0v) is 22.3. The van der Waals surface area contributed by atoms with Crippen molar-refractivity contribution in [1.29, 1.82) is 0 Å². The number of hydrogen-bond donors (Lipinski definition) is 3. The number of halogens is 2. The Hall–Kier alpha value is -3.16. The lowest BCUT2D eigenvalue weighted by molar-refractivity contribution is 0.0968. The van der Waals surface area contributed by atoms with E-state index in [9.17, 15) is 9.90 Å². The van der Waals surface area contributed by atoms with Gasteiger partial charge in [-0.25, -0.2) is 0 Å². The van der Waals surface area contributed by atoms with Crippen molar-refractivity contribution in [3.63, 3.8) is 0 Å². The fourth-order valence-electron chi connectivity index (χ4n) is 4.96. The number of hydrogen-bond acceptors (Lipinski definition) is 6. The minimum absolute atomic E-state index is 0.0640. The van der Waals surface area contributed by atoms with E-state index in [4.69, 9.17) is 23.2 Å². The van der Waals surface area contributed by atoms with E-state index in [2.05, 4.69) is 44.8 Å². The van der Waals surface area contributed by atoms with Crippen molar-refractivity contribution in [2.45, 2.75) is 19.4 Å². The average molecular weight is 547 g/mol. The maximum absolute atomic E-state index is 13.3. The Morgan fingerprint density at radius 3 is 2.39 bits per heavy atom. The summed E-state index contributed by atoms with van der Waals surface area (Å²) < 4.78 is 0. The summed E-state index contributed by atoms with van der Waals surface area (Å²) in [7, 11) is 0. The maximum Gasteiger partial charge on any atom is 0.169 e. The van der Waals surface area contributed by atoms with Crippen LogP contribution in [0.2, 0.25) is 10.0 Å². The van der Waals surface area contributed by atoms with Crippen LogP contribution in [0.1, 0.15) is 28.8 Å². The smallest absolute Gasteiger partial charge is 0.169 e. The van der Waals surface area contributed by atoms with Gasteiger partial charge in [0.2, 0.25) is 0 Å². The van der Waals surface area contributed by atoms with Crippen molar-refractivity contribution in [3.8, 4) is 16.9 Å². The highest BCUT2D eigenvalue weighted by atomic mass is 35.5. The monoisotopic (exact) mass is 546 g/mol. The average Bonchev–Trinajstić information content (AvgIpc) is 3.78. The molecule has 3 aromatic carbocycles. The Morgan fingerprint density at radius 1 is 1.00 bits per heavy atom. The summed E-state index contributed by atoms with van der Waals surface area (Å²) in [5.74, 6) is 0.0482. The lowest BCUT2D eigenvalue weighted by Crippen LogP contribution is -2.42. The predicted octanol–water partition coefficient (Wildman–Crippen LogP) is 6.66.